The van der Waals surface area contributed by atoms with Gasteiger partial charge in [0.2, 0.25) is 0 Å². The van der Waals surface area contributed by atoms with E-state index in [9.17, 15) is 0 Å². The summed E-state index contributed by atoms with van der Waals surface area (Å²) in [5, 5.41) is 3.64. The van der Waals surface area contributed by atoms with Crippen molar-refractivity contribution in [1.82, 2.24) is 10.3 Å². The van der Waals surface area contributed by atoms with Gasteiger partial charge in [0.15, 0.2) is 0 Å². The second-order valence-electron chi connectivity index (χ2n) is 4.36. The van der Waals surface area contributed by atoms with Gasteiger partial charge in [-0.05, 0) is 26.3 Å². The van der Waals surface area contributed by atoms with Crippen LogP contribution in [0.15, 0.2) is 5.51 Å². The van der Waals surface area contributed by atoms with Crippen LogP contribution in [-0.2, 0) is 4.74 Å². The highest BCUT2D eigenvalue weighted by atomic mass is 32.1. The summed E-state index contributed by atoms with van der Waals surface area (Å²) in [5.74, 6) is 0.616. The monoisotopic (exact) mass is 240 g/mol. The fraction of sp³-hybridized carbons (Fsp3) is 0.750. The Bertz CT molecular complexity index is 321. The highest BCUT2D eigenvalue weighted by molar-refractivity contribution is 7.09. The lowest BCUT2D eigenvalue weighted by Crippen LogP contribution is -2.29. The van der Waals surface area contributed by atoms with Crippen molar-refractivity contribution in [2.45, 2.75) is 32.7 Å². The molecule has 1 N–H and O–H groups in total. The molecular formula is C12H20N2OS. The predicted molar refractivity (Wildman–Crippen MR) is 66.8 cm³/mol. The van der Waals surface area contributed by atoms with Gasteiger partial charge in [-0.15, -0.1) is 11.3 Å². The van der Waals surface area contributed by atoms with Crippen LogP contribution < -0.4 is 5.32 Å². The number of thiazole rings is 1. The third-order valence-electron chi connectivity index (χ3n) is 3.12. The zero-order valence-corrected chi connectivity index (χ0v) is 10.8. The van der Waals surface area contributed by atoms with E-state index in [1.165, 1.54) is 23.4 Å². The molecule has 1 fully saturated rings. The summed E-state index contributed by atoms with van der Waals surface area (Å²) in [6, 6.07) is 0.440. The zero-order valence-electron chi connectivity index (χ0n) is 10.0. The lowest BCUT2D eigenvalue weighted by atomic mass is 9.96. The maximum atomic E-state index is 5.50. The molecule has 1 aromatic heterocycles. The van der Waals surface area contributed by atoms with E-state index < -0.39 is 0 Å². The van der Waals surface area contributed by atoms with Gasteiger partial charge in [0.05, 0.1) is 17.8 Å². The van der Waals surface area contributed by atoms with Crippen LogP contribution in [0.4, 0.5) is 0 Å². The Morgan fingerprint density at radius 1 is 1.69 bits per heavy atom. The summed E-state index contributed by atoms with van der Waals surface area (Å²) in [6.45, 7) is 7.17. The molecule has 0 saturated carbocycles. The summed E-state index contributed by atoms with van der Waals surface area (Å²) in [6.07, 6.45) is 2.33. The summed E-state index contributed by atoms with van der Waals surface area (Å²) in [5.41, 5.74) is 3.12. The van der Waals surface area contributed by atoms with Crippen LogP contribution >= 0.6 is 11.3 Å². The van der Waals surface area contributed by atoms with Gasteiger partial charge in [0.1, 0.15) is 0 Å². The number of rotatable bonds is 5. The van der Waals surface area contributed by atoms with Gasteiger partial charge in [-0.1, -0.05) is 6.92 Å². The van der Waals surface area contributed by atoms with E-state index in [-0.39, 0.29) is 0 Å². The Labute approximate surface area is 101 Å². The van der Waals surface area contributed by atoms with E-state index in [2.05, 4.69) is 24.1 Å². The lowest BCUT2D eigenvalue weighted by Gasteiger charge is -2.23. The molecule has 0 bridgehead atoms. The van der Waals surface area contributed by atoms with Gasteiger partial charge in [0.25, 0.3) is 0 Å². The number of aromatic nitrogens is 1. The SMILES string of the molecule is CCCNC(c1scnc1C)C1CCOC1. The number of ether oxygens (including phenoxy) is 1. The fourth-order valence-electron chi connectivity index (χ4n) is 2.20. The average Bonchev–Trinajstić information content (AvgIpc) is 2.91. The first-order valence-corrected chi connectivity index (χ1v) is 6.92. The molecule has 4 heteroatoms. The number of aryl methyl sites for hydroxylation is 1. The lowest BCUT2D eigenvalue weighted by molar-refractivity contribution is 0.177. The van der Waals surface area contributed by atoms with Crippen molar-refractivity contribution >= 4 is 11.3 Å². The maximum absolute atomic E-state index is 5.50. The quantitative estimate of drug-likeness (QED) is 0.859. The average molecular weight is 240 g/mol. The summed E-state index contributed by atoms with van der Waals surface area (Å²) < 4.78 is 5.50. The summed E-state index contributed by atoms with van der Waals surface area (Å²) >= 11 is 1.77. The van der Waals surface area contributed by atoms with E-state index in [4.69, 9.17) is 4.74 Å². The Balaban J connectivity index is 2.10. The highest BCUT2D eigenvalue weighted by Gasteiger charge is 2.28. The molecule has 90 valence electrons. The zero-order chi connectivity index (χ0) is 11.4. The van der Waals surface area contributed by atoms with Crippen LogP contribution in [0.3, 0.4) is 0 Å². The van der Waals surface area contributed by atoms with Gasteiger partial charge in [-0.2, -0.15) is 0 Å². The van der Waals surface area contributed by atoms with E-state index in [0.717, 1.165) is 19.8 Å². The molecule has 1 aromatic rings. The summed E-state index contributed by atoms with van der Waals surface area (Å²) in [4.78, 5) is 5.75. The number of nitrogens with zero attached hydrogens (tertiary/aromatic N) is 1. The van der Waals surface area contributed by atoms with Crippen molar-refractivity contribution in [2.75, 3.05) is 19.8 Å². The maximum Gasteiger partial charge on any atom is 0.0798 e. The first-order valence-electron chi connectivity index (χ1n) is 6.04. The molecule has 0 radical (unpaired) electrons. The molecular weight excluding hydrogens is 220 g/mol. The van der Waals surface area contributed by atoms with Crippen LogP contribution in [0, 0.1) is 12.8 Å². The van der Waals surface area contributed by atoms with Crippen molar-refractivity contribution < 1.29 is 4.74 Å². The van der Waals surface area contributed by atoms with Crippen LogP contribution in [0.2, 0.25) is 0 Å². The molecule has 0 amide bonds. The van der Waals surface area contributed by atoms with Crippen LogP contribution in [0.25, 0.3) is 0 Å². The van der Waals surface area contributed by atoms with Gasteiger partial charge in [0, 0.05) is 23.4 Å². The Kier molecular flexibility index (Phi) is 4.32. The molecule has 1 saturated heterocycles. The minimum atomic E-state index is 0.440. The van der Waals surface area contributed by atoms with E-state index >= 15 is 0 Å². The number of nitrogens with one attached hydrogen (secondary N) is 1. The topological polar surface area (TPSA) is 34.2 Å². The minimum Gasteiger partial charge on any atom is -0.381 e. The molecule has 16 heavy (non-hydrogen) atoms. The van der Waals surface area contributed by atoms with Crippen molar-refractivity contribution in [3.8, 4) is 0 Å². The van der Waals surface area contributed by atoms with Crippen molar-refractivity contribution in [3.63, 3.8) is 0 Å². The third-order valence-corrected chi connectivity index (χ3v) is 4.13. The van der Waals surface area contributed by atoms with Crippen molar-refractivity contribution in [2.24, 2.45) is 5.92 Å². The van der Waals surface area contributed by atoms with E-state index in [0.29, 0.717) is 12.0 Å². The molecule has 1 aliphatic rings. The van der Waals surface area contributed by atoms with Gasteiger partial charge in [-0.3, -0.25) is 0 Å². The smallest absolute Gasteiger partial charge is 0.0798 e. The first-order chi connectivity index (χ1) is 7.83. The Hall–Kier alpha value is -0.450. The third kappa shape index (κ3) is 2.62. The number of hydrogen-bond acceptors (Lipinski definition) is 4. The molecule has 0 spiro atoms. The minimum absolute atomic E-state index is 0.440. The van der Waals surface area contributed by atoms with E-state index in [1.54, 1.807) is 11.3 Å². The molecule has 2 atom stereocenters. The van der Waals surface area contributed by atoms with Crippen molar-refractivity contribution in [3.05, 3.63) is 16.1 Å². The van der Waals surface area contributed by atoms with Crippen LogP contribution in [0.5, 0.6) is 0 Å². The van der Waals surface area contributed by atoms with Gasteiger partial charge >= 0.3 is 0 Å². The number of hydrogen-bond donors (Lipinski definition) is 1. The standard InChI is InChI=1S/C12H20N2OS/c1-3-5-13-11(10-4-6-15-7-10)12-9(2)14-8-16-12/h8,10-11,13H,3-7H2,1-2H3. The van der Waals surface area contributed by atoms with Crippen LogP contribution in [-0.4, -0.2) is 24.7 Å². The van der Waals surface area contributed by atoms with Gasteiger partial charge < -0.3 is 10.1 Å². The molecule has 0 aromatic carbocycles. The molecule has 2 rings (SSSR count). The molecule has 1 aliphatic heterocycles. The largest absolute Gasteiger partial charge is 0.381 e. The highest BCUT2D eigenvalue weighted by Crippen LogP contribution is 2.32. The first kappa shape index (κ1) is 12.0. The fourth-order valence-corrected chi connectivity index (χ4v) is 3.17. The summed E-state index contributed by atoms with van der Waals surface area (Å²) in [7, 11) is 0. The van der Waals surface area contributed by atoms with Gasteiger partial charge in [-0.25, -0.2) is 4.98 Å². The predicted octanol–water partition coefficient (Wildman–Crippen LogP) is 2.53. The Morgan fingerprint density at radius 3 is 3.12 bits per heavy atom. The van der Waals surface area contributed by atoms with Crippen LogP contribution in [0.1, 0.15) is 36.4 Å². The molecule has 0 aliphatic carbocycles. The van der Waals surface area contributed by atoms with Crippen molar-refractivity contribution in [1.29, 1.82) is 0 Å². The van der Waals surface area contributed by atoms with E-state index in [1.807, 2.05) is 5.51 Å². The second kappa shape index (κ2) is 5.75. The Morgan fingerprint density at radius 2 is 2.56 bits per heavy atom. The molecule has 2 heterocycles. The second-order valence-corrected chi connectivity index (χ2v) is 5.24. The normalized spacial score (nSPS) is 22.5. The molecule has 2 unspecified atom stereocenters. The molecule has 3 nitrogen and oxygen atoms in total.